The molecule has 1 fully saturated rings. The zero-order valence-corrected chi connectivity index (χ0v) is 13.8. The van der Waals surface area contributed by atoms with Crippen molar-refractivity contribution in [3.8, 4) is 0 Å². The molecule has 0 bridgehead atoms. The van der Waals surface area contributed by atoms with Crippen LogP contribution in [0.2, 0.25) is 0 Å². The maximum Gasteiger partial charge on any atom is 0.237 e. The van der Waals surface area contributed by atoms with E-state index in [0.717, 1.165) is 26.0 Å². The van der Waals surface area contributed by atoms with Crippen LogP contribution in [0.3, 0.4) is 0 Å². The van der Waals surface area contributed by atoms with Gasteiger partial charge in [-0.25, -0.2) is 0 Å². The molecule has 1 aliphatic heterocycles. The summed E-state index contributed by atoms with van der Waals surface area (Å²) in [5.41, 5.74) is 0. The summed E-state index contributed by atoms with van der Waals surface area (Å²) in [6.45, 7) is 6.93. The largest absolute Gasteiger partial charge is 0.377 e. The van der Waals surface area contributed by atoms with Gasteiger partial charge in [0.05, 0.1) is 19.2 Å². The first-order chi connectivity index (χ1) is 9.79. The number of carbonyl (C=O) groups excluding carboxylic acids is 1. The summed E-state index contributed by atoms with van der Waals surface area (Å²) in [7, 11) is 0. The predicted octanol–water partition coefficient (Wildman–Crippen LogP) is 2.45. The molecular weight excluding hydrogens is 308 g/mol. The van der Waals surface area contributed by atoms with Crippen LogP contribution in [0, 0.1) is 0 Å². The number of rotatable bonds is 8. The minimum atomic E-state index is 0. The third-order valence-corrected chi connectivity index (χ3v) is 4.16. The molecule has 1 atom stereocenters. The Labute approximate surface area is 136 Å². The molecule has 0 saturated carbocycles. The fourth-order valence-electron chi connectivity index (χ4n) is 2.26. The Morgan fingerprint density at radius 3 is 3.10 bits per heavy atom. The lowest BCUT2D eigenvalue weighted by molar-refractivity contribution is -0.130. The maximum absolute atomic E-state index is 12.2. The number of ether oxygens (including phenoxy) is 1. The zero-order valence-electron chi connectivity index (χ0n) is 12.1. The van der Waals surface area contributed by atoms with E-state index in [1.807, 2.05) is 22.4 Å². The molecule has 1 amide bonds. The molecule has 0 aliphatic carbocycles. The Kier molecular flexibility index (Phi) is 8.61. The number of hydrogen-bond acceptors (Lipinski definition) is 4. The van der Waals surface area contributed by atoms with Crippen LogP contribution in [0.15, 0.2) is 30.2 Å². The number of hydrogen-bond donors (Lipinski definition) is 1. The van der Waals surface area contributed by atoms with Crippen molar-refractivity contribution in [1.29, 1.82) is 0 Å². The van der Waals surface area contributed by atoms with Crippen molar-refractivity contribution in [2.24, 2.45) is 0 Å². The van der Waals surface area contributed by atoms with Gasteiger partial charge in [-0.3, -0.25) is 4.79 Å². The van der Waals surface area contributed by atoms with E-state index in [9.17, 15) is 4.79 Å². The second-order valence-corrected chi connectivity index (χ2v) is 5.94. The predicted molar refractivity (Wildman–Crippen MR) is 89.0 cm³/mol. The molecule has 4 nitrogen and oxygen atoms in total. The monoisotopic (exact) mass is 330 g/mol. The average molecular weight is 331 g/mol. The topological polar surface area (TPSA) is 41.6 Å². The molecule has 1 saturated heterocycles. The van der Waals surface area contributed by atoms with E-state index >= 15 is 0 Å². The van der Waals surface area contributed by atoms with Gasteiger partial charge >= 0.3 is 0 Å². The summed E-state index contributed by atoms with van der Waals surface area (Å²) in [6, 6.07) is 4.06. The molecular formula is C15H23ClN2O2S. The molecule has 1 aromatic rings. The molecule has 1 N–H and O–H groups in total. The van der Waals surface area contributed by atoms with Crippen molar-refractivity contribution in [2.45, 2.75) is 25.5 Å². The van der Waals surface area contributed by atoms with Gasteiger partial charge in [-0.1, -0.05) is 12.1 Å². The van der Waals surface area contributed by atoms with Crippen molar-refractivity contribution in [1.82, 2.24) is 10.2 Å². The highest BCUT2D eigenvalue weighted by atomic mass is 35.5. The first kappa shape index (κ1) is 18.2. The van der Waals surface area contributed by atoms with Gasteiger partial charge in [-0.2, -0.15) is 0 Å². The molecule has 2 heterocycles. The van der Waals surface area contributed by atoms with Gasteiger partial charge in [0.2, 0.25) is 5.91 Å². The number of nitrogens with one attached hydrogen (secondary N) is 1. The minimum absolute atomic E-state index is 0. The highest BCUT2D eigenvalue weighted by Gasteiger charge is 2.17. The fraction of sp³-hybridized carbons (Fsp3) is 0.533. The first-order valence-corrected chi connectivity index (χ1v) is 7.91. The molecule has 6 heteroatoms. The zero-order chi connectivity index (χ0) is 14.2. The van der Waals surface area contributed by atoms with Crippen LogP contribution in [-0.2, 0) is 16.1 Å². The van der Waals surface area contributed by atoms with Crippen molar-refractivity contribution in [2.75, 3.05) is 26.2 Å². The van der Waals surface area contributed by atoms with E-state index in [1.54, 1.807) is 17.4 Å². The molecule has 0 spiro atoms. The average Bonchev–Trinajstić information content (AvgIpc) is 3.11. The highest BCUT2D eigenvalue weighted by Crippen LogP contribution is 2.12. The summed E-state index contributed by atoms with van der Waals surface area (Å²) in [6.07, 6.45) is 4.26. The Morgan fingerprint density at radius 2 is 2.48 bits per heavy atom. The third-order valence-electron chi connectivity index (χ3n) is 3.30. The van der Waals surface area contributed by atoms with Crippen molar-refractivity contribution < 1.29 is 9.53 Å². The Bertz CT molecular complexity index is 419. The molecule has 0 radical (unpaired) electrons. The smallest absolute Gasteiger partial charge is 0.237 e. The lowest BCUT2D eigenvalue weighted by atomic mass is 10.2. The van der Waals surface area contributed by atoms with Gasteiger partial charge < -0.3 is 15.0 Å². The van der Waals surface area contributed by atoms with E-state index in [4.69, 9.17) is 4.74 Å². The third kappa shape index (κ3) is 6.18. The standard InChI is InChI=1S/C15H22N2O2S.ClH/c1-2-7-17(12-14-6-4-9-20-14)15(18)11-16-10-13-5-3-8-19-13;/h2,4,6,9,13,16H,1,3,5,7-8,10-12H2;1H. The molecule has 1 aromatic heterocycles. The molecule has 1 unspecified atom stereocenters. The van der Waals surface area contributed by atoms with Gasteiger partial charge in [0.15, 0.2) is 0 Å². The lowest BCUT2D eigenvalue weighted by Crippen LogP contribution is -2.39. The van der Waals surface area contributed by atoms with E-state index in [2.05, 4.69) is 11.9 Å². The van der Waals surface area contributed by atoms with Crippen LogP contribution in [0.25, 0.3) is 0 Å². The summed E-state index contributed by atoms with van der Waals surface area (Å²) < 4.78 is 5.53. The molecule has 2 rings (SSSR count). The quantitative estimate of drug-likeness (QED) is 0.744. The number of nitrogens with zero attached hydrogens (tertiary/aromatic N) is 1. The van der Waals surface area contributed by atoms with E-state index in [1.165, 1.54) is 4.88 Å². The van der Waals surface area contributed by atoms with Gasteiger partial charge in [-0.15, -0.1) is 30.3 Å². The summed E-state index contributed by atoms with van der Waals surface area (Å²) in [5, 5.41) is 5.23. The van der Waals surface area contributed by atoms with Crippen LogP contribution < -0.4 is 5.32 Å². The molecule has 1 aliphatic rings. The fourth-order valence-corrected chi connectivity index (χ4v) is 2.98. The number of amides is 1. The Morgan fingerprint density at radius 1 is 1.62 bits per heavy atom. The first-order valence-electron chi connectivity index (χ1n) is 7.03. The molecule has 0 aromatic carbocycles. The summed E-state index contributed by atoms with van der Waals surface area (Å²) in [5.74, 6) is 0.108. The molecule has 118 valence electrons. The SMILES string of the molecule is C=CCN(Cc1cccs1)C(=O)CNCC1CCCO1.Cl. The van der Waals surface area contributed by atoms with Crippen LogP contribution >= 0.6 is 23.7 Å². The van der Waals surface area contributed by atoms with Gasteiger partial charge in [0.1, 0.15) is 0 Å². The maximum atomic E-state index is 12.2. The lowest BCUT2D eigenvalue weighted by Gasteiger charge is -2.21. The van der Waals surface area contributed by atoms with Crippen LogP contribution in [0.1, 0.15) is 17.7 Å². The van der Waals surface area contributed by atoms with Crippen molar-refractivity contribution >= 4 is 29.7 Å². The van der Waals surface area contributed by atoms with E-state index < -0.39 is 0 Å². The highest BCUT2D eigenvalue weighted by molar-refractivity contribution is 7.09. The van der Waals surface area contributed by atoms with Crippen LogP contribution in [0.5, 0.6) is 0 Å². The number of carbonyl (C=O) groups is 1. The summed E-state index contributed by atoms with van der Waals surface area (Å²) in [4.78, 5) is 15.2. The number of thiophene rings is 1. The van der Waals surface area contributed by atoms with Crippen LogP contribution in [-0.4, -0.2) is 43.2 Å². The van der Waals surface area contributed by atoms with Crippen molar-refractivity contribution in [3.05, 3.63) is 35.0 Å². The van der Waals surface area contributed by atoms with Gasteiger partial charge in [-0.05, 0) is 24.3 Å². The van der Waals surface area contributed by atoms with Crippen molar-refractivity contribution in [3.63, 3.8) is 0 Å². The minimum Gasteiger partial charge on any atom is -0.377 e. The normalized spacial score (nSPS) is 17.2. The van der Waals surface area contributed by atoms with Gasteiger partial charge in [0.25, 0.3) is 0 Å². The Hall–Kier alpha value is -0.880. The van der Waals surface area contributed by atoms with Crippen LogP contribution in [0.4, 0.5) is 0 Å². The van der Waals surface area contributed by atoms with E-state index in [0.29, 0.717) is 19.6 Å². The summed E-state index contributed by atoms with van der Waals surface area (Å²) >= 11 is 1.67. The molecule has 21 heavy (non-hydrogen) atoms. The Balaban J connectivity index is 0.00000220. The van der Waals surface area contributed by atoms with Gasteiger partial charge in [0, 0.05) is 24.6 Å². The second kappa shape index (κ2) is 9.95. The second-order valence-electron chi connectivity index (χ2n) is 4.91. The van der Waals surface area contributed by atoms with E-state index in [-0.39, 0.29) is 24.4 Å². The number of halogens is 1.